The zero-order valence-corrected chi connectivity index (χ0v) is 13.6. The van der Waals surface area contributed by atoms with Crippen LogP contribution in [0.4, 0.5) is 0 Å². The number of fused-ring (bicyclic) bond motifs is 1. The Balaban J connectivity index is 1.94. The van der Waals surface area contributed by atoms with E-state index in [0.717, 1.165) is 4.90 Å². The van der Waals surface area contributed by atoms with Gasteiger partial charge in [0.15, 0.2) is 0 Å². The second kappa shape index (κ2) is 5.39. The lowest BCUT2D eigenvalue weighted by molar-refractivity contribution is -0.147. The zero-order chi connectivity index (χ0) is 16.0. The fourth-order valence-electron chi connectivity index (χ4n) is 3.62. The molecule has 2 fully saturated rings. The quantitative estimate of drug-likeness (QED) is 0.927. The average molecular weight is 320 g/mol. The molecule has 2 aliphatic carbocycles. The van der Waals surface area contributed by atoms with Gasteiger partial charge in [0, 0.05) is 17.7 Å². The molecule has 22 heavy (non-hydrogen) atoms. The van der Waals surface area contributed by atoms with Crippen LogP contribution in [0.25, 0.3) is 0 Å². The number of thioether (sulfide) groups is 1. The number of Topliss-reactive ketones (excluding diaryl/α,β-unsaturated/α-hetero) is 2. The number of hydrogen-bond acceptors (Lipinski definition) is 5. The molecule has 2 unspecified atom stereocenters. The maximum Gasteiger partial charge on any atom is 0.149 e. The number of rotatable bonds is 3. The number of carbonyl (C=O) groups is 2. The van der Waals surface area contributed by atoms with E-state index in [1.54, 1.807) is 7.11 Å². The number of hydrogen-bond donors (Lipinski definition) is 1. The summed E-state index contributed by atoms with van der Waals surface area (Å²) in [6.45, 7) is 1.81. The van der Waals surface area contributed by atoms with Crippen LogP contribution in [0, 0.1) is 5.41 Å². The van der Waals surface area contributed by atoms with Crippen molar-refractivity contribution in [3.05, 3.63) is 24.3 Å². The van der Waals surface area contributed by atoms with Crippen molar-refractivity contribution in [2.45, 2.75) is 48.4 Å². The Labute approximate surface area is 134 Å². The van der Waals surface area contributed by atoms with Gasteiger partial charge in [-0.05, 0) is 38.0 Å². The highest BCUT2D eigenvalue weighted by Crippen LogP contribution is 2.55. The molecule has 1 aromatic rings. The first kappa shape index (κ1) is 15.6. The molecule has 4 nitrogen and oxygen atoms in total. The summed E-state index contributed by atoms with van der Waals surface area (Å²) >= 11 is 1.35. The minimum Gasteiger partial charge on any atom is -0.497 e. The lowest BCUT2D eigenvalue weighted by atomic mass is 9.65. The Morgan fingerprint density at radius 1 is 1.27 bits per heavy atom. The molecule has 1 aromatic carbocycles. The van der Waals surface area contributed by atoms with Gasteiger partial charge in [-0.3, -0.25) is 9.59 Å². The van der Waals surface area contributed by atoms with Gasteiger partial charge in [-0.15, -0.1) is 11.8 Å². The molecule has 0 aliphatic heterocycles. The number of carbonyl (C=O) groups excluding carboxylic acids is 2. The number of ketones is 2. The van der Waals surface area contributed by atoms with E-state index in [0.29, 0.717) is 31.4 Å². The Kier molecular flexibility index (Phi) is 3.81. The summed E-state index contributed by atoms with van der Waals surface area (Å²) in [5.41, 5.74) is -2.04. The number of methoxy groups -OCH3 is 1. The number of aliphatic hydroxyl groups is 1. The smallest absolute Gasteiger partial charge is 0.149 e. The van der Waals surface area contributed by atoms with Crippen LogP contribution in [0.1, 0.15) is 32.6 Å². The highest BCUT2D eigenvalue weighted by molar-refractivity contribution is 8.00. The summed E-state index contributed by atoms with van der Waals surface area (Å²) in [7, 11) is 1.59. The number of ether oxygens (including phenoxy) is 1. The van der Waals surface area contributed by atoms with Gasteiger partial charge in [0.05, 0.1) is 23.4 Å². The topological polar surface area (TPSA) is 63.6 Å². The van der Waals surface area contributed by atoms with Crippen molar-refractivity contribution < 1.29 is 19.4 Å². The Hall–Kier alpha value is -1.33. The second-order valence-corrected chi connectivity index (χ2v) is 7.50. The molecule has 2 saturated carbocycles. The minimum absolute atomic E-state index is 0.0301. The van der Waals surface area contributed by atoms with Crippen LogP contribution in [0.2, 0.25) is 0 Å². The van der Waals surface area contributed by atoms with E-state index in [1.807, 2.05) is 31.2 Å². The summed E-state index contributed by atoms with van der Waals surface area (Å²) in [5.74, 6) is 0.826. The lowest BCUT2D eigenvalue weighted by Gasteiger charge is -2.46. The van der Waals surface area contributed by atoms with Gasteiger partial charge >= 0.3 is 0 Å². The Bertz CT molecular complexity index is 629. The SMILES string of the molecule is COc1cccc(SC2C(=O)CC[C@]3(C)C(=O)CCC23O)c1. The Morgan fingerprint density at radius 3 is 2.77 bits per heavy atom. The van der Waals surface area contributed by atoms with Gasteiger partial charge in [0.25, 0.3) is 0 Å². The van der Waals surface area contributed by atoms with E-state index >= 15 is 0 Å². The largest absolute Gasteiger partial charge is 0.497 e. The molecule has 0 spiro atoms. The summed E-state index contributed by atoms with van der Waals surface area (Å²) in [6, 6.07) is 7.44. The van der Waals surface area contributed by atoms with Crippen LogP contribution < -0.4 is 4.74 Å². The standard InChI is InChI=1S/C17H20O4S/c1-16-8-6-13(18)15(17(16,20)9-7-14(16)19)22-12-5-3-4-11(10-12)21-2/h3-5,10,15,20H,6-9H2,1-2H3/t15?,16-,17?/m1/s1. The zero-order valence-electron chi connectivity index (χ0n) is 12.8. The van der Waals surface area contributed by atoms with Crippen molar-refractivity contribution in [1.82, 2.24) is 0 Å². The molecule has 1 N–H and O–H groups in total. The summed E-state index contributed by atoms with van der Waals surface area (Å²) in [6.07, 6.45) is 1.54. The molecule has 0 amide bonds. The predicted octanol–water partition coefficient (Wildman–Crippen LogP) is 2.62. The third-order valence-electron chi connectivity index (χ3n) is 5.20. The maximum absolute atomic E-state index is 12.4. The van der Waals surface area contributed by atoms with Crippen LogP contribution in [0.5, 0.6) is 5.75 Å². The van der Waals surface area contributed by atoms with E-state index in [4.69, 9.17) is 4.74 Å². The summed E-state index contributed by atoms with van der Waals surface area (Å²) in [4.78, 5) is 25.5. The minimum atomic E-state index is -1.24. The molecule has 118 valence electrons. The maximum atomic E-state index is 12.4. The first-order valence-electron chi connectivity index (χ1n) is 7.50. The molecular formula is C17H20O4S. The Morgan fingerprint density at radius 2 is 2.05 bits per heavy atom. The van der Waals surface area contributed by atoms with Crippen molar-refractivity contribution in [1.29, 1.82) is 0 Å². The van der Waals surface area contributed by atoms with Crippen molar-refractivity contribution in [3.63, 3.8) is 0 Å². The molecule has 0 heterocycles. The van der Waals surface area contributed by atoms with E-state index < -0.39 is 16.3 Å². The van der Waals surface area contributed by atoms with Crippen molar-refractivity contribution in [3.8, 4) is 5.75 Å². The highest BCUT2D eigenvalue weighted by atomic mass is 32.2. The monoisotopic (exact) mass is 320 g/mol. The lowest BCUT2D eigenvalue weighted by Crippen LogP contribution is -2.58. The van der Waals surface area contributed by atoms with Gasteiger partial charge in [0.2, 0.25) is 0 Å². The van der Waals surface area contributed by atoms with Gasteiger partial charge in [-0.25, -0.2) is 0 Å². The molecule has 3 rings (SSSR count). The molecule has 0 radical (unpaired) electrons. The van der Waals surface area contributed by atoms with Crippen molar-refractivity contribution >= 4 is 23.3 Å². The van der Waals surface area contributed by atoms with Crippen molar-refractivity contribution in [2.75, 3.05) is 7.11 Å². The predicted molar refractivity (Wildman–Crippen MR) is 84.2 cm³/mol. The van der Waals surface area contributed by atoms with E-state index in [2.05, 4.69) is 0 Å². The molecular weight excluding hydrogens is 300 g/mol. The third kappa shape index (κ3) is 2.18. The fourth-order valence-corrected chi connectivity index (χ4v) is 5.05. The van der Waals surface area contributed by atoms with Gasteiger partial charge < -0.3 is 9.84 Å². The van der Waals surface area contributed by atoms with Crippen LogP contribution in [-0.4, -0.2) is 34.6 Å². The summed E-state index contributed by atoms with van der Waals surface area (Å²) < 4.78 is 5.20. The molecule has 0 saturated heterocycles. The van der Waals surface area contributed by atoms with Crippen LogP contribution in [-0.2, 0) is 9.59 Å². The second-order valence-electron chi connectivity index (χ2n) is 6.32. The molecule has 3 atom stereocenters. The normalized spacial score (nSPS) is 34.6. The van der Waals surface area contributed by atoms with Crippen LogP contribution >= 0.6 is 11.8 Å². The first-order valence-corrected chi connectivity index (χ1v) is 8.38. The van der Waals surface area contributed by atoms with E-state index in [9.17, 15) is 14.7 Å². The number of benzene rings is 1. The van der Waals surface area contributed by atoms with Gasteiger partial charge in [-0.1, -0.05) is 6.07 Å². The highest BCUT2D eigenvalue weighted by Gasteiger charge is 2.64. The first-order chi connectivity index (χ1) is 10.4. The molecule has 0 bridgehead atoms. The van der Waals surface area contributed by atoms with Crippen LogP contribution in [0.3, 0.4) is 0 Å². The van der Waals surface area contributed by atoms with E-state index in [-0.39, 0.29) is 11.6 Å². The molecule has 2 aliphatic rings. The molecule has 5 heteroatoms. The average Bonchev–Trinajstić information content (AvgIpc) is 2.76. The summed E-state index contributed by atoms with van der Waals surface area (Å²) in [5, 5.41) is 10.6. The van der Waals surface area contributed by atoms with Gasteiger partial charge in [-0.2, -0.15) is 0 Å². The van der Waals surface area contributed by atoms with Crippen molar-refractivity contribution in [2.24, 2.45) is 5.41 Å². The van der Waals surface area contributed by atoms with E-state index in [1.165, 1.54) is 11.8 Å². The van der Waals surface area contributed by atoms with Gasteiger partial charge in [0.1, 0.15) is 17.3 Å². The van der Waals surface area contributed by atoms with Crippen LogP contribution in [0.15, 0.2) is 29.2 Å². The molecule has 0 aromatic heterocycles. The fraction of sp³-hybridized carbons (Fsp3) is 0.529. The third-order valence-corrected chi connectivity index (χ3v) is 6.61.